The van der Waals surface area contributed by atoms with Gasteiger partial charge in [0.15, 0.2) is 0 Å². The third-order valence-electron chi connectivity index (χ3n) is 3.83. The third-order valence-corrected chi connectivity index (χ3v) is 3.83. The maximum Gasteiger partial charge on any atom is 0.242 e. The molecule has 0 unspecified atom stereocenters. The molecule has 1 aromatic carbocycles. The zero-order valence-corrected chi connectivity index (χ0v) is 13.1. The molecule has 0 radical (unpaired) electrons. The van der Waals surface area contributed by atoms with E-state index in [1.165, 1.54) is 0 Å². The van der Waals surface area contributed by atoms with Crippen molar-refractivity contribution in [1.29, 1.82) is 0 Å². The standard InChI is InChI=1S/C18H20N4O/c1-15(18(23)20-9-13-21-11-5-6-12-21)22-14-10-19-17(22)16-7-3-2-4-8-16/h2-8,10-12,14-15H,9,13H2,1H3,(H,20,23)/t15-/m1/s1. The molecule has 2 heterocycles. The van der Waals surface area contributed by atoms with Crippen LogP contribution in [0.25, 0.3) is 11.4 Å². The summed E-state index contributed by atoms with van der Waals surface area (Å²) in [5.74, 6) is 0.797. The Labute approximate surface area is 135 Å². The van der Waals surface area contributed by atoms with Gasteiger partial charge in [-0.05, 0) is 19.1 Å². The zero-order valence-electron chi connectivity index (χ0n) is 13.1. The Morgan fingerprint density at radius 2 is 1.87 bits per heavy atom. The summed E-state index contributed by atoms with van der Waals surface area (Å²) in [6, 6.07) is 13.5. The van der Waals surface area contributed by atoms with Crippen molar-refractivity contribution in [3.63, 3.8) is 0 Å². The Bertz CT molecular complexity index is 746. The highest BCUT2D eigenvalue weighted by Crippen LogP contribution is 2.20. The van der Waals surface area contributed by atoms with Gasteiger partial charge in [-0.3, -0.25) is 4.79 Å². The Hall–Kier alpha value is -2.82. The minimum absolute atomic E-state index is 0.00710. The van der Waals surface area contributed by atoms with Crippen LogP contribution in [-0.4, -0.2) is 26.6 Å². The predicted octanol–water partition coefficient (Wildman–Crippen LogP) is 2.73. The summed E-state index contributed by atoms with van der Waals surface area (Å²) in [4.78, 5) is 16.8. The van der Waals surface area contributed by atoms with E-state index in [-0.39, 0.29) is 11.9 Å². The molecule has 0 aliphatic carbocycles. The van der Waals surface area contributed by atoms with Crippen molar-refractivity contribution in [1.82, 2.24) is 19.4 Å². The summed E-state index contributed by atoms with van der Waals surface area (Å²) in [6.45, 7) is 3.26. The van der Waals surface area contributed by atoms with Crippen LogP contribution >= 0.6 is 0 Å². The summed E-state index contributed by atoms with van der Waals surface area (Å²) < 4.78 is 3.94. The molecule has 3 aromatic rings. The first-order valence-corrected chi connectivity index (χ1v) is 7.72. The second-order valence-corrected chi connectivity index (χ2v) is 5.41. The molecule has 1 atom stereocenters. The van der Waals surface area contributed by atoms with Crippen molar-refractivity contribution in [2.24, 2.45) is 0 Å². The van der Waals surface area contributed by atoms with Crippen LogP contribution in [0.5, 0.6) is 0 Å². The molecule has 0 spiro atoms. The molecule has 0 aliphatic heterocycles. The van der Waals surface area contributed by atoms with E-state index < -0.39 is 0 Å². The van der Waals surface area contributed by atoms with Crippen molar-refractivity contribution < 1.29 is 4.79 Å². The van der Waals surface area contributed by atoms with Crippen LogP contribution < -0.4 is 5.32 Å². The molecule has 0 aliphatic rings. The van der Waals surface area contributed by atoms with Crippen molar-refractivity contribution in [2.45, 2.75) is 19.5 Å². The van der Waals surface area contributed by atoms with Gasteiger partial charge in [-0.25, -0.2) is 4.98 Å². The average Bonchev–Trinajstić information content (AvgIpc) is 3.26. The highest BCUT2D eigenvalue weighted by atomic mass is 16.2. The summed E-state index contributed by atoms with van der Waals surface area (Å²) >= 11 is 0. The lowest BCUT2D eigenvalue weighted by Crippen LogP contribution is -2.33. The lowest BCUT2D eigenvalue weighted by Gasteiger charge is -2.16. The fourth-order valence-electron chi connectivity index (χ4n) is 2.54. The van der Waals surface area contributed by atoms with Crippen LogP contribution in [0.4, 0.5) is 0 Å². The Morgan fingerprint density at radius 3 is 2.61 bits per heavy atom. The first-order valence-electron chi connectivity index (χ1n) is 7.72. The fourth-order valence-corrected chi connectivity index (χ4v) is 2.54. The Balaban J connectivity index is 1.65. The fraction of sp³-hybridized carbons (Fsp3) is 0.222. The summed E-state index contributed by atoms with van der Waals surface area (Å²) in [6.07, 6.45) is 7.54. The number of nitrogens with one attached hydrogen (secondary N) is 1. The van der Waals surface area contributed by atoms with E-state index in [2.05, 4.69) is 10.3 Å². The van der Waals surface area contributed by atoms with Gasteiger partial charge in [-0.2, -0.15) is 0 Å². The molecule has 23 heavy (non-hydrogen) atoms. The number of carbonyl (C=O) groups excluding carboxylic acids is 1. The lowest BCUT2D eigenvalue weighted by molar-refractivity contribution is -0.123. The number of hydrogen-bond acceptors (Lipinski definition) is 2. The Morgan fingerprint density at radius 1 is 1.13 bits per heavy atom. The molecule has 1 amide bonds. The maximum absolute atomic E-state index is 12.4. The van der Waals surface area contributed by atoms with E-state index in [0.29, 0.717) is 6.54 Å². The van der Waals surface area contributed by atoms with E-state index in [1.54, 1.807) is 6.20 Å². The number of benzene rings is 1. The van der Waals surface area contributed by atoms with Crippen molar-refractivity contribution in [3.05, 3.63) is 67.3 Å². The molecule has 118 valence electrons. The lowest BCUT2D eigenvalue weighted by atomic mass is 10.2. The first kappa shape index (κ1) is 15.1. The normalized spacial score (nSPS) is 12.0. The molecule has 2 aromatic heterocycles. The van der Waals surface area contributed by atoms with Crippen molar-refractivity contribution in [3.8, 4) is 11.4 Å². The van der Waals surface area contributed by atoms with Crippen molar-refractivity contribution >= 4 is 5.91 Å². The van der Waals surface area contributed by atoms with Crippen LogP contribution in [0, 0.1) is 0 Å². The monoisotopic (exact) mass is 308 g/mol. The van der Waals surface area contributed by atoms with Gasteiger partial charge in [0.05, 0.1) is 0 Å². The summed E-state index contributed by atoms with van der Waals surface area (Å²) in [5, 5.41) is 2.98. The number of hydrogen-bond donors (Lipinski definition) is 1. The number of nitrogens with zero attached hydrogens (tertiary/aromatic N) is 3. The van der Waals surface area contributed by atoms with Crippen LogP contribution in [0.15, 0.2) is 67.3 Å². The Kier molecular flexibility index (Phi) is 4.57. The number of amides is 1. The van der Waals surface area contributed by atoms with Gasteiger partial charge in [0, 0.05) is 43.4 Å². The molecule has 3 rings (SSSR count). The molecule has 0 bridgehead atoms. The van der Waals surface area contributed by atoms with Crippen LogP contribution in [0.3, 0.4) is 0 Å². The van der Waals surface area contributed by atoms with E-state index >= 15 is 0 Å². The molecular weight excluding hydrogens is 288 g/mol. The zero-order chi connectivity index (χ0) is 16.1. The SMILES string of the molecule is C[C@H](C(=O)NCCn1cccc1)n1ccnc1-c1ccccc1. The molecular formula is C18H20N4O. The molecule has 5 heteroatoms. The van der Waals surface area contributed by atoms with Crippen LogP contribution in [0.2, 0.25) is 0 Å². The summed E-state index contributed by atoms with van der Waals surface area (Å²) in [7, 11) is 0. The van der Waals surface area contributed by atoms with Gasteiger partial charge in [0.2, 0.25) is 5.91 Å². The number of carbonyl (C=O) groups is 1. The maximum atomic E-state index is 12.4. The summed E-state index contributed by atoms with van der Waals surface area (Å²) in [5.41, 5.74) is 1.00. The molecule has 5 nitrogen and oxygen atoms in total. The van der Waals surface area contributed by atoms with Crippen LogP contribution in [0.1, 0.15) is 13.0 Å². The quantitative estimate of drug-likeness (QED) is 0.761. The molecule has 0 saturated carbocycles. The largest absolute Gasteiger partial charge is 0.353 e. The highest BCUT2D eigenvalue weighted by Gasteiger charge is 2.18. The van der Waals surface area contributed by atoms with E-state index in [9.17, 15) is 4.79 Å². The minimum atomic E-state index is -0.308. The van der Waals surface area contributed by atoms with Crippen molar-refractivity contribution in [2.75, 3.05) is 6.54 Å². The van der Waals surface area contributed by atoms with Gasteiger partial charge >= 0.3 is 0 Å². The average molecular weight is 308 g/mol. The molecule has 1 N–H and O–H groups in total. The molecule has 0 saturated heterocycles. The smallest absolute Gasteiger partial charge is 0.242 e. The first-order chi connectivity index (χ1) is 11.3. The van der Waals surface area contributed by atoms with Gasteiger partial charge in [-0.1, -0.05) is 30.3 Å². The number of rotatable bonds is 6. The topological polar surface area (TPSA) is 51.9 Å². The van der Waals surface area contributed by atoms with E-state index in [4.69, 9.17) is 0 Å². The van der Waals surface area contributed by atoms with Gasteiger partial charge < -0.3 is 14.5 Å². The van der Waals surface area contributed by atoms with Crippen LogP contribution in [-0.2, 0) is 11.3 Å². The second kappa shape index (κ2) is 6.96. The number of aromatic nitrogens is 3. The van der Waals surface area contributed by atoms with E-state index in [0.717, 1.165) is 17.9 Å². The van der Waals surface area contributed by atoms with Gasteiger partial charge in [0.1, 0.15) is 11.9 Å². The highest BCUT2D eigenvalue weighted by molar-refractivity contribution is 5.80. The molecule has 0 fully saturated rings. The van der Waals surface area contributed by atoms with Gasteiger partial charge in [-0.15, -0.1) is 0 Å². The number of imidazole rings is 1. The second-order valence-electron chi connectivity index (χ2n) is 5.41. The minimum Gasteiger partial charge on any atom is -0.353 e. The van der Waals surface area contributed by atoms with E-state index in [1.807, 2.05) is 77.1 Å². The predicted molar refractivity (Wildman–Crippen MR) is 89.8 cm³/mol. The third kappa shape index (κ3) is 3.51. The van der Waals surface area contributed by atoms with Gasteiger partial charge in [0.25, 0.3) is 0 Å².